The van der Waals surface area contributed by atoms with Gasteiger partial charge in [-0.25, -0.2) is 4.79 Å². The van der Waals surface area contributed by atoms with E-state index < -0.39 is 41.8 Å². The molecule has 8 atom stereocenters. The average molecular weight is 531 g/mol. The lowest BCUT2D eigenvalue weighted by Crippen LogP contribution is -2.63. The molecular formula is C22H34N4O7S2. The number of fused-ring (bicyclic) bond motifs is 1. The molecule has 0 aromatic heterocycles. The molecule has 0 saturated carbocycles. The van der Waals surface area contributed by atoms with Gasteiger partial charge in [0.25, 0.3) is 0 Å². The van der Waals surface area contributed by atoms with Crippen LogP contribution in [-0.4, -0.2) is 97.5 Å². The normalized spacial score (nSPS) is 30.5. The number of carboxylic acid groups (broad SMARTS) is 1. The minimum Gasteiger partial charge on any atom is -0.477 e. The molecule has 3 aliphatic rings. The number of aliphatic hydroxyl groups excluding tert-OH is 2. The molecule has 0 aromatic carbocycles. The molecule has 2 fully saturated rings. The van der Waals surface area contributed by atoms with E-state index in [1.165, 1.54) is 28.4 Å². The van der Waals surface area contributed by atoms with Crippen LogP contribution in [0.3, 0.4) is 0 Å². The first-order valence-corrected chi connectivity index (χ1v) is 13.6. The number of hydrogen-bond donors (Lipinski definition) is 6. The van der Waals surface area contributed by atoms with Crippen molar-refractivity contribution in [1.82, 2.24) is 15.5 Å². The van der Waals surface area contributed by atoms with Crippen molar-refractivity contribution < 1.29 is 34.5 Å². The Labute approximate surface area is 212 Å². The van der Waals surface area contributed by atoms with E-state index in [1.807, 2.05) is 13.8 Å². The van der Waals surface area contributed by atoms with Crippen LogP contribution in [0.15, 0.2) is 10.6 Å². The number of amides is 3. The summed E-state index contributed by atoms with van der Waals surface area (Å²) < 4.78 is 0. The van der Waals surface area contributed by atoms with Crippen LogP contribution in [0, 0.1) is 11.8 Å². The van der Waals surface area contributed by atoms with Gasteiger partial charge < -0.3 is 36.6 Å². The van der Waals surface area contributed by atoms with Crippen molar-refractivity contribution in [1.29, 1.82) is 0 Å². The van der Waals surface area contributed by atoms with Crippen LogP contribution < -0.4 is 16.4 Å². The standard InChI is InChI=1S/C22H34N4O7S2/c1-4-34-19(20(30)25-11(8-27)5-14(23)29)13-6-12(7-24-13)35-18-9(2)16-15(10(3)28)21(31)26(16)17(18)22(32)33/h9-13,15-16,19,24,27-28H,4-8H2,1-3H3,(H2,23,29)(H,25,30)(H,32,33)/t9-,10-,11?,12+,13+,15-,16-,19?/m1/s1. The van der Waals surface area contributed by atoms with Crippen LogP contribution in [0.2, 0.25) is 0 Å². The number of aliphatic carboxylic acids is 1. The van der Waals surface area contributed by atoms with E-state index in [4.69, 9.17) is 5.73 Å². The Morgan fingerprint density at radius 1 is 1.34 bits per heavy atom. The fraction of sp³-hybridized carbons (Fsp3) is 0.727. The number of nitrogens with one attached hydrogen (secondary N) is 2. The van der Waals surface area contributed by atoms with E-state index in [0.717, 1.165) is 0 Å². The first-order valence-electron chi connectivity index (χ1n) is 11.7. The number of hydrogen-bond acceptors (Lipinski definition) is 9. The highest BCUT2D eigenvalue weighted by molar-refractivity contribution is 8.03. The number of carbonyl (C=O) groups excluding carboxylic acids is 3. The lowest BCUT2D eigenvalue weighted by Gasteiger charge is -2.46. The summed E-state index contributed by atoms with van der Waals surface area (Å²) in [4.78, 5) is 50.7. The maximum absolute atomic E-state index is 12.9. The Bertz CT molecular complexity index is 899. The highest BCUT2D eigenvalue weighted by Crippen LogP contribution is 2.52. The largest absolute Gasteiger partial charge is 0.477 e. The van der Waals surface area contributed by atoms with Crippen molar-refractivity contribution in [2.24, 2.45) is 17.6 Å². The molecular weight excluding hydrogens is 496 g/mol. The van der Waals surface area contributed by atoms with Crippen LogP contribution in [-0.2, 0) is 19.2 Å². The number of aliphatic hydroxyl groups is 2. The summed E-state index contributed by atoms with van der Waals surface area (Å²) in [7, 11) is 0. The smallest absolute Gasteiger partial charge is 0.353 e. The van der Waals surface area contributed by atoms with Gasteiger partial charge in [0.1, 0.15) is 5.70 Å². The predicted octanol–water partition coefficient (Wildman–Crippen LogP) is -0.922. The third kappa shape index (κ3) is 5.63. The Hall–Kier alpha value is -1.80. The second kappa shape index (κ2) is 11.5. The molecule has 7 N–H and O–H groups in total. The summed E-state index contributed by atoms with van der Waals surface area (Å²) in [6.45, 7) is 5.51. The zero-order chi connectivity index (χ0) is 26.0. The number of carbonyl (C=O) groups is 4. The third-order valence-corrected chi connectivity index (χ3v) is 9.46. The van der Waals surface area contributed by atoms with Crippen molar-refractivity contribution in [3.8, 4) is 0 Å². The lowest BCUT2D eigenvalue weighted by molar-refractivity contribution is -0.163. The van der Waals surface area contributed by atoms with Gasteiger partial charge in [-0.2, -0.15) is 0 Å². The topological polar surface area (TPSA) is 182 Å². The quantitative estimate of drug-likeness (QED) is 0.173. The van der Waals surface area contributed by atoms with Crippen molar-refractivity contribution in [2.45, 2.75) is 68.3 Å². The van der Waals surface area contributed by atoms with Gasteiger partial charge in [0, 0.05) is 35.1 Å². The highest BCUT2D eigenvalue weighted by atomic mass is 32.2. The molecule has 13 heteroatoms. The van der Waals surface area contributed by atoms with Gasteiger partial charge in [0.15, 0.2) is 0 Å². The summed E-state index contributed by atoms with van der Waals surface area (Å²) in [6.07, 6.45) is -0.418. The van der Waals surface area contributed by atoms with Crippen LogP contribution in [0.25, 0.3) is 0 Å². The number of primary amides is 1. The molecule has 0 spiro atoms. The Balaban J connectivity index is 1.70. The van der Waals surface area contributed by atoms with Crippen LogP contribution >= 0.6 is 23.5 Å². The zero-order valence-corrected chi connectivity index (χ0v) is 21.6. The summed E-state index contributed by atoms with van der Waals surface area (Å²) >= 11 is 2.87. The van der Waals surface area contributed by atoms with E-state index in [9.17, 15) is 34.5 Å². The molecule has 11 nitrogen and oxygen atoms in total. The first kappa shape index (κ1) is 27.8. The summed E-state index contributed by atoms with van der Waals surface area (Å²) in [5.41, 5.74) is 5.19. The maximum atomic E-state index is 12.9. The SMILES string of the molecule is CCSC(C(=O)NC(CO)CC(N)=O)[C@@H]1C[C@H](SC2=C(C(=O)O)N3C(=O)[C@H]([C@@H](C)O)[C@H]3[C@H]2C)CN1. The second-order valence-corrected chi connectivity index (χ2v) is 12.0. The molecule has 3 heterocycles. The van der Waals surface area contributed by atoms with Crippen molar-refractivity contribution in [2.75, 3.05) is 18.9 Å². The Morgan fingerprint density at radius 2 is 2.03 bits per heavy atom. The molecule has 3 rings (SSSR count). The molecule has 3 amide bonds. The van der Waals surface area contributed by atoms with Gasteiger partial charge >= 0.3 is 5.97 Å². The molecule has 3 aliphatic heterocycles. The fourth-order valence-electron chi connectivity index (χ4n) is 5.15. The average Bonchev–Trinajstić information content (AvgIpc) is 3.32. The molecule has 35 heavy (non-hydrogen) atoms. The number of nitrogens with two attached hydrogens (primary N) is 1. The minimum absolute atomic E-state index is 0.00712. The number of carboxylic acids is 1. The van der Waals surface area contributed by atoms with E-state index in [2.05, 4.69) is 10.6 Å². The van der Waals surface area contributed by atoms with Crippen LogP contribution in [0.5, 0.6) is 0 Å². The predicted molar refractivity (Wildman–Crippen MR) is 132 cm³/mol. The summed E-state index contributed by atoms with van der Waals surface area (Å²) in [6, 6.07) is -1.31. The van der Waals surface area contributed by atoms with Gasteiger partial charge in [-0.1, -0.05) is 13.8 Å². The van der Waals surface area contributed by atoms with E-state index in [1.54, 1.807) is 6.92 Å². The summed E-state index contributed by atoms with van der Waals surface area (Å²) in [5.74, 6) is -2.59. The number of nitrogens with zero attached hydrogens (tertiary/aromatic N) is 1. The molecule has 2 saturated heterocycles. The summed E-state index contributed by atoms with van der Waals surface area (Å²) in [5, 5.41) is 34.9. The van der Waals surface area contributed by atoms with Gasteiger partial charge in [0.05, 0.1) is 36.0 Å². The third-order valence-electron chi connectivity index (χ3n) is 6.71. The minimum atomic E-state index is -1.16. The van der Waals surface area contributed by atoms with Crippen LogP contribution in [0.1, 0.15) is 33.6 Å². The molecule has 196 valence electrons. The van der Waals surface area contributed by atoms with Crippen molar-refractivity contribution in [3.63, 3.8) is 0 Å². The molecule has 0 aliphatic carbocycles. The molecule has 0 bridgehead atoms. The maximum Gasteiger partial charge on any atom is 0.353 e. The van der Waals surface area contributed by atoms with E-state index in [-0.39, 0.29) is 47.2 Å². The molecule has 0 aromatic rings. The number of thioether (sulfide) groups is 2. The number of β-lactam (4-membered cyclic amide) rings is 1. The molecule has 2 unspecified atom stereocenters. The van der Waals surface area contributed by atoms with Gasteiger partial charge in [-0.15, -0.1) is 23.5 Å². The number of rotatable bonds is 12. The van der Waals surface area contributed by atoms with Gasteiger partial charge in [0.2, 0.25) is 17.7 Å². The second-order valence-electron chi connectivity index (χ2n) is 9.20. The highest BCUT2D eigenvalue weighted by Gasteiger charge is 2.60. The van der Waals surface area contributed by atoms with Crippen molar-refractivity contribution in [3.05, 3.63) is 10.6 Å². The van der Waals surface area contributed by atoms with Gasteiger partial charge in [-0.3, -0.25) is 14.4 Å². The molecule has 0 radical (unpaired) electrons. The van der Waals surface area contributed by atoms with Gasteiger partial charge in [-0.05, 0) is 19.1 Å². The Morgan fingerprint density at radius 3 is 2.57 bits per heavy atom. The van der Waals surface area contributed by atoms with E-state index >= 15 is 0 Å². The fourth-order valence-corrected chi connectivity index (χ4v) is 7.66. The Kier molecular flexibility index (Phi) is 9.13. The van der Waals surface area contributed by atoms with Crippen LogP contribution in [0.4, 0.5) is 0 Å². The van der Waals surface area contributed by atoms with E-state index in [0.29, 0.717) is 23.6 Å². The zero-order valence-electron chi connectivity index (χ0n) is 20.0. The van der Waals surface area contributed by atoms with Crippen molar-refractivity contribution >= 4 is 47.2 Å². The monoisotopic (exact) mass is 530 g/mol. The first-order chi connectivity index (χ1) is 16.5. The lowest BCUT2D eigenvalue weighted by atomic mass is 9.79.